The molecule has 1 aromatic rings. The SMILES string of the molecule is C=CC1C=CC(C2=Nc3ccccc3C2)=CC1. The van der Waals surface area contributed by atoms with Gasteiger partial charge < -0.3 is 0 Å². The summed E-state index contributed by atoms with van der Waals surface area (Å²) in [6, 6.07) is 8.37. The van der Waals surface area contributed by atoms with Crippen molar-refractivity contribution >= 4 is 11.4 Å². The second kappa shape index (κ2) is 4.17. The number of allylic oxidation sites excluding steroid dienone is 5. The van der Waals surface area contributed by atoms with E-state index in [0.717, 1.165) is 18.5 Å². The van der Waals surface area contributed by atoms with E-state index in [0.29, 0.717) is 5.92 Å². The number of para-hydroxylation sites is 1. The Morgan fingerprint density at radius 1 is 1.29 bits per heavy atom. The van der Waals surface area contributed by atoms with Crippen LogP contribution in [0.5, 0.6) is 0 Å². The summed E-state index contributed by atoms with van der Waals surface area (Å²) < 4.78 is 0. The molecule has 2 aliphatic rings. The molecule has 1 unspecified atom stereocenters. The molecule has 0 amide bonds. The topological polar surface area (TPSA) is 12.4 Å². The highest BCUT2D eigenvalue weighted by Gasteiger charge is 2.17. The molecule has 0 saturated heterocycles. The Kier molecular flexibility index (Phi) is 2.52. The molecule has 0 bridgehead atoms. The number of rotatable bonds is 2. The van der Waals surface area contributed by atoms with E-state index < -0.39 is 0 Å². The van der Waals surface area contributed by atoms with E-state index in [4.69, 9.17) is 4.99 Å². The molecule has 17 heavy (non-hydrogen) atoms. The molecule has 0 saturated carbocycles. The van der Waals surface area contributed by atoms with Gasteiger partial charge in [0.05, 0.1) is 11.4 Å². The molecule has 0 N–H and O–H groups in total. The molecule has 3 rings (SSSR count). The number of hydrogen-bond donors (Lipinski definition) is 0. The molecule has 0 fully saturated rings. The summed E-state index contributed by atoms with van der Waals surface area (Å²) in [6.07, 6.45) is 10.7. The molecule has 1 aliphatic heterocycles. The quantitative estimate of drug-likeness (QED) is 0.669. The Morgan fingerprint density at radius 2 is 2.18 bits per heavy atom. The largest absolute Gasteiger partial charge is 0.252 e. The highest BCUT2D eigenvalue weighted by Crippen LogP contribution is 2.30. The van der Waals surface area contributed by atoms with Gasteiger partial charge in [0.25, 0.3) is 0 Å². The van der Waals surface area contributed by atoms with Crippen LogP contribution in [0.25, 0.3) is 0 Å². The van der Waals surface area contributed by atoms with Gasteiger partial charge in [-0.1, -0.05) is 42.5 Å². The van der Waals surface area contributed by atoms with Crippen LogP contribution in [0.3, 0.4) is 0 Å². The van der Waals surface area contributed by atoms with Crippen molar-refractivity contribution in [1.82, 2.24) is 0 Å². The van der Waals surface area contributed by atoms with Crippen LogP contribution in [0.1, 0.15) is 12.0 Å². The Balaban J connectivity index is 1.84. The second-order valence-electron chi connectivity index (χ2n) is 4.52. The monoisotopic (exact) mass is 221 g/mol. The molecule has 1 heterocycles. The van der Waals surface area contributed by atoms with Crippen LogP contribution < -0.4 is 0 Å². The first-order valence-corrected chi connectivity index (χ1v) is 6.03. The molecule has 0 radical (unpaired) electrons. The van der Waals surface area contributed by atoms with Gasteiger partial charge in [0.2, 0.25) is 0 Å². The van der Waals surface area contributed by atoms with Gasteiger partial charge in [0, 0.05) is 6.42 Å². The lowest BCUT2D eigenvalue weighted by Gasteiger charge is -2.12. The summed E-state index contributed by atoms with van der Waals surface area (Å²) in [5, 5.41) is 0. The maximum absolute atomic E-state index is 4.70. The lowest BCUT2D eigenvalue weighted by molar-refractivity contribution is 0.821. The van der Waals surface area contributed by atoms with E-state index in [1.165, 1.54) is 16.8 Å². The van der Waals surface area contributed by atoms with Gasteiger partial charge in [-0.15, -0.1) is 6.58 Å². The lowest BCUT2D eigenvalue weighted by atomic mass is 9.93. The molecule has 1 aromatic carbocycles. The van der Waals surface area contributed by atoms with Gasteiger partial charge >= 0.3 is 0 Å². The average Bonchev–Trinajstić information content (AvgIpc) is 2.82. The van der Waals surface area contributed by atoms with E-state index in [2.05, 4.69) is 43.0 Å². The van der Waals surface area contributed by atoms with E-state index in [9.17, 15) is 0 Å². The molecule has 1 atom stereocenters. The van der Waals surface area contributed by atoms with Gasteiger partial charge in [0.1, 0.15) is 0 Å². The molecule has 84 valence electrons. The van der Waals surface area contributed by atoms with Gasteiger partial charge in [-0.05, 0) is 29.5 Å². The minimum atomic E-state index is 0.489. The molecule has 1 heteroatoms. The van der Waals surface area contributed by atoms with Crippen molar-refractivity contribution in [2.24, 2.45) is 10.9 Å². The standard InChI is InChI=1S/C16H15N/c1-2-12-7-9-13(10-8-12)16-11-14-5-3-4-6-15(14)17-16/h2-7,9-10,12H,1,8,11H2. The summed E-state index contributed by atoms with van der Waals surface area (Å²) in [4.78, 5) is 4.70. The lowest BCUT2D eigenvalue weighted by Crippen LogP contribution is -2.05. The Hall–Kier alpha value is -1.89. The summed E-state index contributed by atoms with van der Waals surface area (Å²) in [5.41, 5.74) is 4.94. The molecule has 0 aromatic heterocycles. The van der Waals surface area contributed by atoms with Crippen molar-refractivity contribution in [2.45, 2.75) is 12.8 Å². The fourth-order valence-corrected chi connectivity index (χ4v) is 2.33. The first-order chi connectivity index (χ1) is 8.36. The summed E-state index contributed by atoms with van der Waals surface area (Å²) in [6.45, 7) is 3.83. The minimum Gasteiger partial charge on any atom is -0.252 e. The smallest absolute Gasteiger partial charge is 0.0669 e. The summed E-state index contributed by atoms with van der Waals surface area (Å²) in [7, 11) is 0. The number of fused-ring (bicyclic) bond motifs is 1. The van der Waals surface area contributed by atoms with Gasteiger partial charge in [-0.3, -0.25) is 4.99 Å². The van der Waals surface area contributed by atoms with Gasteiger partial charge in [-0.25, -0.2) is 0 Å². The Bertz CT molecular complexity index is 546. The predicted octanol–water partition coefficient (Wildman–Crippen LogP) is 4.00. The highest BCUT2D eigenvalue weighted by atomic mass is 14.8. The molecular weight excluding hydrogens is 206 g/mol. The van der Waals surface area contributed by atoms with Crippen LogP contribution in [-0.2, 0) is 6.42 Å². The first kappa shape index (κ1) is 10.3. The van der Waals surface area contributed by atoms with E-state index in [1.807, 2.05) is 12.1 Å². The summed E-state index contributed by atoms with van der Waals surface area (Å²) in [5.74, 6) is 0.489. The van der Waals surface area contributed by atoms with Crippen molar-refractivity contribution in [2.75, 3.05) is 0 Å². The zero-order valence-electron chi connectivity index (χ0n) is 9.76. The molecule has 1 aliphatic carbocycles. The highest BCUT2D eigenvalue weighted by molar-refractivity contribution is 6.08. The predicted molar refractivity (Wildman–Crippen MR) is 72.8 cm³/mol. The number of aliphatic imine (C=N–C) groups is 1. The zero-order chi connectivity index (χ0) is 11.7. The van der Waals surface area contributed by atoms with Crippen molar-refractivity contribution in [3.8, 4) is 0 Å². The van der Waals surface area contributed by atoms with Crippen molar-refractivity contribution in [3.63, 3.8) is 0 Å². The first-order valence-electron chi connectivity index (χ1n) is 6.03. The van der Waals surface area contributed by atoms with E-state index in [1.54, 1.807) is 0 Å². The van der Waals surface area contributed by atoms with Crippen LogP contribution in [0, 0.1) is 5.92 Å². The summed E-state index contributed by atoms with van der Waals surface area (Å²) >= 11 is 0. The fourth-order valence-electron chi connectivity index (χ4n) is 2.33. The molecule has 1 nitrogen and oxygen atoms in total. The van der Waals surface area contributed by atoms with E-state index >= 15 is 0 Å². The molecule has 0 spiro atoms. The maximum atomic E-state index is 4.70. The normalized spacial score (nSPS) is 21.8. The number of hydrogen-bond acceptors (Lipinski definition) is 1. The van der Waals surface area contributed by atoms with Crippen LogP contribution in [0.2, 0.25) is 0 Å². The maximum Gasteiger partial charge on any atom is 0.0669 e. The van der Waals surface area contributed by atoms with Gasteiger partial charge in [0.15, 0.2) is 0 Å². The van der Waals surface area contributed by atoms with E-state index in [-0.39, 0.29) is 0 Å². The van der Waals surface area contributed by atoms with Crippen LogP contribution in [0.15, 0.2) is 65.7 Å². The van der Waals surface area contributed by atoms with Crippen LogP contribution >= 0.6 is 0 Å². The van der Waals surface area contributed by atoms with Crippen LogP contribution in [-0.4, -0.2) is 5.71 Å². The third kappa shape index (κ3) is 1.89. The number of nitrogens with zero attached hydrogens (tertiary/aromatic N) is 1. The molecular formula is C16H15N. The third-order valence-electron chi connectivity index (χ3n) is 3.37. The Labute approximate surface area is 102 Å². The van der Waals surface area contributed by atoms with Crippen LogP contribution in [0.4, 0.5) is 5.69 Å². The zero-order valence-corrected chi connectivity index (χ0v) is 9.76. The fraction of sp³-hybridized carbons (Fsp3) is 0.188. The minimum absolute atomic E-state index is 0.489. The average molecular weight is 221 g/mol. The Morgan fingerprint density at radius 3 is 2.88 bits per heavy atom. The van der Waals surface area contributed by atoms with Gasteiger partial charge in [-0.2, -0.15) is 0 Å². The van der Waals surface area contributed by atoms with Crippen molar-refractivity contribution in [1.29, 1.82) is 0 Å². The number of benzene rings is 1. The van der Waals surface area contributed by atoms with Crippen molar-refractivity contribution in [3.05, 3.63) is 66.3 Å². The third-order valence-corrected chi connectivity index (χ3v) is 3.37. The second-order valence-corrected chi connectivity index (χ2v) is 4.52. The van der Waals surface area contributed by atoms with Crippen molar-refractivity contribution < 1.29 is 0 Å².